The fraction of sp³-hybridized carbons (Fsp3) is 0.357. The minimum Gasteiger partial charge on any atom is -0.481 e. The first-order valence-corrected chi connectivity index (χ1v) is 12.4. The Hall–Kier alpha value is -3.94. The second kappa shape index (κ2) is 7.06. The number of fused-ring (bicyclic) bond motifs is 1. The molecule has 8 heteroatoms. The van der Waals surface area contributed by atoms with E-state index >= 15 is 0 Å². The Morgan fingerprint density at radius 3 is 2.50 bits per heavy atom. The van der Waals surface area contributed by atoms with Gasteiger partial charge in [0.15, 0.2) is 0 Å². The van der Waals surface area contributed by atoms with E-state index in [0.717, 1.165) is 40.6 Å². The topological polar surface area (TPSA) is 102 Å². The zero-order chi connectivity index (χ0) is 24.7. The van der Waals surface area contributed by atoms with Crippen LogP contribution in [0.15, 0.2) is 61.2 Å². The predicted octanol–water partition coefficient (Wildman–Crippen LogP) is 4.00. The Kier molecular flexibility index (Phi) is 4.19. The van der Waals surface area contributed by atoms with E-state index < -0.39 is 11.4 Å². The van der Waals surface area contributed by atoms with Crippen LogP contribution in [-0.4, -0.2) is 41.9 Å². The van der Waals surface area contributed by atoms with Crippen LogP contribution in [0.25, 0.3) is 22.0 Å². The molecule has 36 heavy (non-hydrogen) atoms. The number of hydrogen-bond donors (Lipinski definition) is 2. The van der Waals surface area contributed by atoms with Gasteiger partial charge < -0.3 is 15.0 Å². The maximum Gasteiger partial charge on any atom is 0.309 e. The van der Waals surface area contributed by atoms with Crippen molar-refractivity contribution in [3.05, 3.63) is 72.4 Å². The van der Waals surface area contributed by atoms with Crippen LogP contribution in [0.4, 0.5) is 0 Å². The van der Waals surface area contributed by atoms with Gasteiger partial charge in [-0.2, -0.15) is 5.10 Å². The lowest BCUT2D eigenvalue weighted by Crippen LogP contribution is -2.73. The number of nitrogens with one attached hydrogen (secondary N) is 1. The number of aromatic nitrogens is 4. The highest BCUT2D eigenvalue weighted by Gasteiger charge is 2.81. The zero-order valence-corrected chi connectivity index (χ0v) is 20.1. The molecule has 0 radical (unpaired) electrons. The number of hydrogen-bond acceptors (Lipinski definition) is 4. The fourth-order valence-corrected chi connectivity index (χ4v) is 6.73. The molecule has 0 aliphatic heterocycles. The minimum atomic E-state index is -0.684. The number of carboxylic acids is 1. The number of carboxylic acid groups (broad SMARTS) is 1. The first-order valence-electron chi connectivity index (χ1n) is 12.4. The third-order valence-corrected chi connectivity index (χ3v) is 8.83. The lowest BCUT2D eigenvalue weighted by Gasteiger charge is -2.71. The molecule has 3 aromatic heterocycles. The molecule has 0 unspecified atom stereocenters. The smallest absolute Gasteiger partial charge is 0.309 e. The van der Waals surface area contributed by atoms with Gasteiger partial charge in [-0.3, -0.25) is 19.3 Å². The quantitative estimate of drug-likeness (QED) is 0.415. The van der Waals surface area contributed by atoms with Crippen molar-refractivity contribution in [2.45, 2.75) is 44.2 Å². The third-order valence-electron chi connectivity index (χ3n) is 8.83. The van der Waals surface area contributed by atoms with Gasteiger partial charge in [-0.1, -0.05) is 18.2 Å². The summed E-state index contributed by atoms with van der Waals surface area (Å²) in [6, 6.07) is 11.9. The molecule has 0 spiro atoms. The molecule has 2 N–H and O–H groups in total. The summed E-state index contributed by atoms with van der Waals surface area (Å²) in [6.45, 7) is 0.553. The minimum absolute atomic E-state index is 0.0309. The van der Waals surface area contributed by atoms with Crippen molar-refractivity contribution in [1.29, 1.82) is 0 Å². The SMILES string of the molecule is Cn1cc(-c2ccc(Cn3ccc4cccc(C(=O)NC5(C67CC(C(=O)O)(C6)C7)CC5)c43)nc2)cn1. The Morgan fingerprint density at radius 2 is 1.86 bits per heavy atom. The highest BCUT2D eigenvalue weighted by molar-refractivity contribution is 6.06. The Bertz CT molecular complexity index is 1520. The second-order valence-electron chi connectivity index (χ2n) is 11.1. The van der Waals surface area contributed by atoms with Crippen molar-refractivity contribution >= 4 is 22.8 Å². The van der Waals surface area contributed by atoms with Gasteiger partial charge in [0.2, 0.25) is 0 Å². The van der Waals surface area contributed by atoms with Gasteiger partial charge >= 0.3 is 5.97 Å². The number of pyridine rings is 1. The van der Waals surface area contributed by atoms with Gasteiger partial charge in [-0.25, -0.2) is 0 Å². The molecule has 4 aliphatic rings. The summed E-state index contributed by atoms with van der Waals surface area (Å²) in [7, 11) is 1.89. The van der Waals surface area contributed by atoms with Crippen molar-refractivity contribution in [2.24, 2.45) is 17.9 Å². The van der Waals surface area contributed by atoms with E-state index in [0.29, 0.717) is 31.4 Å². The van der Waals surface area contributed by atoms with Gasteiger partial charge in [0, 0.05) is 47.7 Å². The molecular formula is C28H27N5O3. The monoisotopic (exact) mass is 481 g/mol. The number of aliphatic carboxylic acids is 1. The van der Waals surface area contributed by atoms with Crippen molar-refractivity contribution in [1.82, 2.24) is 24.6 Å². The van der Waals surface area contributed by atoms with E-state index in [4.69, 9.17) is 0 Å². The summed E-state index contributed by atoms with van der Waals surface area (Å²) >= 11 is 0. The van der Waals surface area contributed by atoms with Gasteiger partial charge in [0.05, 0.1) is 34.9 Å². The number of nitrogens with zero attached hydrogens (tertiary/aromatic N) is 4. The Balaban J connectivity index is 1.13. The van der Waals surface area contributed by atoms with E-state index in [9.17, 15) is 14.7 Å². The average Bonchev–Trinajstić information content (AvgIpc) is 3.23. The average molecular weight is 482 g/mol. The molecule has 4 aromatic rings. The molecule has 8 rings (SSSR count). The van der Waals surface area contributed by atoms with Crippen molar-refractivity contribution in [2.75, 3.05) is 0 Å². The summed E-state index contributed by atoms with van der Waals surface area (Å²) in [5, 5.41) is 18.1. The lowest BCUT2D eigenvalue weighted by molar-refractivity contribution is -0.236. The van der Waals surface area contributed by atoms with E-state index in [1.807, 2.05) is 68.2 Å². The molecule has 3 heterocycles. The first kappa shape index (κ1) is 21.4. The number of carbonyl (C=O) groups is 2. The highest BCUT2D eigenvalue weighted by atomic mass is 16.4. The third kappa shape index (κ3) is 2.93. The Labute approximate surface area is 208 Å². The van der Waals surface area contributed by atoms with Crippen LogP contribution in [-0.2, 0) is 18.4 Å². The largest absolute Gasteiger partial charge is 0.481 e. The number of para-hydroxylation sites is 1. The predicted molar refractivity (Wildman–Crippen MR) is 133 cm³/mol. The molecule has 8 nitrogen and oxygen atoms in total. The summed E-state index contributed by atoms with van der Waals surface area (Å²) in [4.78, 5) is 29.8. The van der Waals surface area contributed by atoms with Crippen LogP contribution in [0.3, 0.4) is 0 Å². The van der Waals surface area contributed by atoms with E-state index in [1.165, 1.54) is 0 Å². The molecule has 1 amide bonds. The summed E-state index contributed by atoms with van der Waals surface area (Å²) < 4.78 is 3.85. The molecule has 2 bridgehead atoms. The number of carbonyl (C=O) groups excluding carboxylic acids is 1. The summed E-state index contributed by atoms with van der Waals surface area (Å²) in [6.07, 6.45) is 11.6. The maximum atomic E-state index is 13.6. The Morgan fingerprint density at radius 1 is 1.06 bits per heavy atom. The van der Waals surface area contributed by atoms with Crippen LogP contribution >= 0.6 is 0 Å². The van der Waals surface area contributed by atoms with Gasteiger partial charge in [0.1, 0.15) is 0 Å². The molecule has 4 saturated carbocycles. The van der Waals surface area contributed by atoms with Crippen LogP contribution in [0.2, 0.25) is 0 Å². The van der Waals surface area contributed by atoms with Crippen LogP contribution in [0.5, 0.6) is 0 Å². The van der Waals surface area contributed by atoms with E-state index in [-0.39, 0.29) is 16.9 Å². The van der Waals surface area contributed by atoms with Crippen LogP contribution in [0, 0.1) is 10.8 Å². The van der Waals surface area contributed by atoms with Crippen molar-refractivity contribution in [3.8, 4) is 11.1 Å². The van der Waals surface area contributed by atoms with E-state index in [1.54, 1.807) is 4.68 Å². The molecular weight excluding hydrogens is 454 g/mol. The van der Waals surface area contributed by atoms with Gasteiger partial charge in [-0.15, -0.1) is 0 Å². The molecule has 4 fully saturated rings. The zero-order valence-electron chi connectivity index (χ0n) is 20.1. The molecule has 0 atom stereocenters. The number of rotatable bonds is 7. The standard InChI is InChI=1S/C28H27N5O3/c1-32-13-20(12-30-32)19-5-6-21(29-11-19)14-33-10-7-18-3-2-4-22(23(18)33)24(34)31-28(8-9-28)27-15-26(16-27,17-27)25(35)36/h2-7,10-13H,8-9,14-17H2,1H3,(H,31,34)(H,35,36). The fourth-order valence-electron chi connectivity index (χ4n) is 6.73. The van der Waals surface area contributed by atoms with Gasteiger partial charge in [0.25, 0.3) is 5.91 Å². The molecule has 4 aliphatic carbocycles. The second-order valence-corrected chi connectivity index (χ2v) is 11.1. The molecule has 1 aromatic carbocycles. The van der Waals surface area contributed by atoms with Crippen LogP contribution in [0.1, 0.15) is 48.2 Å². The molecule has 182 valence electrons. The van der Waals surface area contributed by atoms with Crippen molar-refractivity contribution < 1.29 is 14.7 Å². The van der Waals surface area contributed by atoms with Crippen molar-refractivity contribution in [3.63, 3.8) is 0 Å². The first-order chi connectivity index (χ1) is 17.3. The van der Waals surface area contributed by atoms with Crippen LogP contribution < -0.4 is 5.32 Å². The number of amides is 1. The summed E-state index contributed by atoms with van der Waals surface area (Å²) in [5.74, 6) is -0.761. The number of benzene rings is 1. The van der Waals surface area contributed by atoms with Gasteiger partial charge in [-0.05, 0) is 55.7 Å². The number of aryl methyl sites for hydroxylation is 1. The van der Waals surface area contributed by atoms with E-state index in [2.05, 4.69) is 20.0 Å². The normalized spacial score (nSPS) is 25.1. The lowest BCUT2D eigenvalue weighted by atomic mass is 9.32. The highest BCUT2D eigenvalue weighted by Crippen LogP contribution is 2.81. The molecule has 0 saturated heterocycles. The maximum absolute atomic E-state index is 13.6. The summed E-state index contributed by atoms with van der Waals surface area (Å²) in [5.41, 5.74) is 3.67.